The van der Waals surface area contributed by atoms with Crippen LogP contribution in [-0.2, 0) is 11.3 Å². The average Bonchev–Trinajstić information content (AvgIpc) is 3.04. The number of nitrogens with one attached hydrogen (secondary N) is 1. The van der Waals surface area contributed by atoms with Gasteiger partial charge in [0.15, 0.2) is 0 Å². The Morgan fingerprint density at radius 3 is 3.00 bits per heavy atom. The van der Waals surface area contributed by atoms with E-state index < -0.39 is 6.04 Å². The molecule has 2 aromatic heterocycles. The van der Waals surface area contributed by atoms with E-state index in [-0.39, 0.29) is 18.4 Å². The number of carbonyl (C=O) groups excluding carboxylic acids is 1. The molecule has 0 radical (unpaired) electrons. The van der Waals surface area contributed by atoms with Gasteiger partial charge in [0.25, 0.3) is 0 Å². The highest BCUT2D eigenvalue weighted by Gasteiger charge is 2.18. The van der Waals surface area contributed by atoms with Crippen molar-refractivity contribution < 1.29 is 9.32 Å². The Bertz CT molecular complexity index is 536. The topological polar surface area (TPSA) is 94.0 Å². The van der Waals surface area contributed by atoms with Gasteiger partial charge in [-0.3, -0.25) is 4.79 Å². The van der Waals surface area contributed by atoms with Gasteiger partial charge >= 0.3 is 0 Å². The first-order valence-electron chi connectivity index (χ1n) is 5.97. The Morgan fingerprint density at radius 1 is 1.58 bits per heavy atom. The van der Waals surface area contributed by atoms with Crippen LogP contribution in [0.2, 0.25) is 0 Å². The number of carbonyl (C=O) groups is 1. The predicted octanol–water partition coefficient (Wildman–Crippen LogP) is 1.40. The van der Waals surface area contributed by atoms with Crippen LogP contribution in [0.1, 0.15) is 19.7 Å². The fraction of sp³-hybridized carbons (Fsp3) is 0.417. The predicted molar refractivity (Wildman–Crippen MR) is 72.3 cm³/mol. The summed E-state index contributed by atoms with van der Waals surface area (Å²) in [7, 11) is 0. The van der Waals surface area contributed by atoms with Gasteiger partial charge in [-0.25, -0.2) is 0 Å². The summed E-state index contributed by atoms with van der Waals surface area (Å²) in [6, 6.07) is 3.30. The lowest BCUT2D eigenvalue weighted by Crippen LogP contribution is -2.43. The Labute approximate surface area is 115 Å². The van der Waals surface area contributed by atoms with Gasteiger partial charge in [0.1, 0.15) is 0 Å². The Balaban J connectivity index is 1.92. The zero-order chi connectivity index (χ0) is 13.8. The lowest BCUT2D eigenvalue weighted by molar-refractivity contribution is -0.123. The van der Waals surface area contributed by atoms with E-state index in [2.05, 4.69) is 15.5 Å². The van der Waals surface area contributed by atoms with Gasteiger partial charge in [-0.05, 0) is 17.4 Å². The summed E-state index contributed by atoms with van der Waals surface area (Å²) in [6.45, 7) is 3.98. The second-order valence-electron chi connectivity index (χ2n) is 4.48. The highest BCUT2D eigenvalue weighted by atomic mass is 32.1. The van der Waals surface area contributed by atoms with Gasteiger partial charge in [-0.2, -0.15) is 4.98 Å². The Morgan fingerprint density at radius 2 is 2.37 bits per heavy atom. The molecule has 3 N–H and O–H groups in total. The molecular formula is C12H16N4O2S. The molecule has 1 atom stereocenters. The maximum atomic E-state index is 11.7. The summed E-state index contributed by atoms with van der Waals surface area (Å²) in [5.41, 5.74) is 5.73. The summed E-state index contributed by atoms with van der Waals surface area (Å²) in [6.07, 6.45) is 0. The maximum Gasteiger partial charge on any atom is 0.246 e. The van der Waals surface area contributed by atoms with Crippen molar-refractivity contribution in [1.29, 1.82) is 0 Å². The van der Waals surface area contributed by atoms with Crippen molar-refractivity contribution in [2.24, 2.45) is 11.7 Å². The van der Waals surface area contributed by atoms with Crippen molar-refractivity contribution in [3.63, 3.8) is 0 Å². The molecule has 0 aliphatic heterocycles. The molecule has 102 valence electrons. The van der Waals surface area contributed by atoms with Crippen LogP contribution in [-0.4, -0.2) is 22.1 Å². The number of aromatic nitrogens is 2. The van der Waals surface area contributed by atoms with Crippen LogP contribution in [0, 0.1) is 5.92 Å². The van der Waals surface area contributed by atoms with Crippen molar-refractivity contribution in [2.75, 3.05) is 0 Å². The first-order chi connectivity index (χ1) is 9.08. The maximum absolute atomic E-state index is 11.7. The van der Waals surface area contributed by atoms with E-state index in [0.717, 1.165) is 4.88 Å². The molecule has 2 rings (SSSR count). The monoisotopic (exact) mass is 280 g/mol. The number of amides is 1. The van der Waals surface area contributed by atoms with Crippen LogP contribution in [0.5, 0.6) is 0 Å². The van der Waals surface area contributed by atoms with Gasteiger partial charge in [0.05, 0.1) is 17.5 Å². The minimum Gasteiger partial charge on any atom is -0.346 e. The number of rotatable bonds is 5. The summed E-state index contributed by atoms with van der Waals surface area (Å²) >= 11 is 1.53. The lowest BCUT2D eigenvalue weighted by Gasteiger charge is -2.14. The fourth-order valence-electron chi connectivity index (χ4n) is 1.42. The van der Waals surface area contributed by atoms with E-state index in [9.17, 15) is 4.79 Å². The molecule has 6 nitrogen and oxygen atoms in total. The summed E-state index contributed by atoms with van der Waals surface area (Å²) in [5.74, 6) is 0.773. The smallest absolute Gasteiger partial charge is 0.246 e. The molecule has 1 amide bonds. The van der Waals surface area contributed by atoms with Gasteiger partial charge in [-0.1, -0.05) is 25.1 Å². The Hall–Kier alpha value is -1.73. The molecule has 0 spiro atoms. The van der Waals surface area contributed by atoms with Gasteiger partial charge < -0.3 is 15.6 Å². The quantitative estimate of drug-likeness (QED) is 0.863. The van der Waals surface area contributed by atoms with Crippen LogP contribution < -0.4 is 11.1 Å². The minimum absolute atomic E-state index is 0.0874. The third-order valence-corrected chi connectivity index (χ3v) is 3.51. The zero-order valence-corrected chi connectivity index (χ0v) is 11.6. The largest absolute Gasteiger partial charge is 0.346 e. The molecule has 19 heavy (non-hydrogen) atoms. The number of nitrogens with two attached hydrogens (primary N) is 1. The first-order valence-corrected chi connectivity index (χ1v) is 6.85. The second kappa shape index (κ2) is 5.94. The van der Waals surface area contributed by atoms with Crippen LogP contribution in [0.15, 0.2) is 22.0 Å². The first kappa shape index (κ1) is 13.7. The van der Waals surface area contributed by atoms with Gasteiger partial charge in [0.2, 0.25) is 17.6 Å². The molecule has 7 heteroatoms. The van der Waals surface area contributed by atoms with Crippen molar-refractivity contribution in [2.45, 2.75) is 26.4 Å². The van der Waals surface area contributed by atoms with Gasteiger partial charge in [0, 0.05) is 0 Å². The number of thiophene rings is 1. The second-order valence-corrected chi connectivity index (χ2v) is 5.42. The van der Waals surface area contributed by atoms with Crippen molar-refractivity contribution in [1.82, 2.24) is 15.5 Å². The van der Waals surface area contributed by atoms with Crippen LogP contribution in [0.4, 0.5) is 0 Å². The summed E-state index contributed by atoms with van der Waals surface area (Å²) in [5, 5.41) is 8.48. The molecule has 2 aromatic rings. The minimum atomic E-state index is -0.528. The zero-order valence-electron chi connectivity index (χ0n) is 10.8. The van der Waals surface area contributed by atoms with Gasteiger partial charge in [-0.15, -0.1) is 11.3 Å². The molecule has 0 saturated heterocycles. The van der Waals surface area contributed by atoms with E-state index in [0.29, 0.717) is 11.7 Å². The third kappa shape index (κ3) is 3.39. The van der Waals surface area contributed by atoms with Crippen LogP contribution in [0.3, 0.4) is 0 Å². The third-order valence-electron chi connectivity index (χ3n) is 2.64. The standard InChI is InChI=1S/C12H16N4O2S/c1-7(2)10(13)12(17)14-6-9-15-11(16-18-9)8-4-3-5-19-8/h3-5,7,10H,6,13H2,1-2H3,(H,14,17)/t10-/m0/s1. The molecule has 0 saturated carbocycles. The van der Waals surface area contributed by atoms with Crippen molar-refractivity contribution in [3.05, 3.63) is 23.4 Å². The summed E-state index contributed by atoms with van der Waals surface area (Å²) < 4.78 is 5.07. The lowest BCUT2D eigenvalue weighted by atomic mass is 10.1. The fourth-order valence-corrected chi connectivity index (χ4v) is 2.07. The van der Waals surface area contributed by atoms with E-state index in [1.165, 1.54) is 11.3 Å². The number of hydrogen-bond acceptors (Lipinski definition) is 6. The normalized spacial score (nSPS) is 12.6. The number of nitrogens with zero attached hydrogens (tertiary/aromatic N) is 2. The van der Waals surface area contributed by atoms with E-state index >= 15 is 0 Å². The van der Waals surface area contributed by atoms with E-state index in [1.54, 1.807) is 0 Å². The van der Waals surface area contributed by atoms with E-state index in [4.69, 9.17) is 10.3 Å². The molecule has 0 aliphatic rings. The van der Waals surface area contributed by atoms with Crippen molar-refractivity contribution in [3.8, 4) is 10.7 Å². The molecule has 2 heterocycles. The SMILES string of the molecule is CC(C)[C@H](N)C(=O)NCc1nc(-c2cccs2)no1. The summed E-state index contributed by atoms with van der Waals surface area (Å²) in [4.78, 5) is 16.8. The van der Waals surface area contributed by atoms with Crippen LogP contribution >= 0.6 is 11.3 Å². The average molecular weight is 280 g/mol. The van der Waals surface area contributed by atoms with E-state index in [1.807, 2.05) is 31.4 Å². The number of hydrogen-bond donors (Lipinski definition) is 2. The molecule has 0 fully saturated rings. The molecule has 0 bridgehead atoms. The molecule has 0 aliphatic carbocycles. The van der Waals surface area contributed by atoms with Crippen LogP contribution in [0.25, 0.3) is 10.7 Å². The van der Waals surface area contributed by atoms with Crippen molar-refractivity contribution >= 4 is 17.2 Å². The molecule has 0 aromatic carbocycles. The Kier molecular flexibility index (Phi) is 4.28. The highest BCUT2D eigenvalue weighted by Crippen LogP contribution is 2.21. The highest BCUT2D eigenvalue weighted by molar-refractivity contribution is 7.13. The molecule has 0 unspecified atom stereocenters. The molecular weight excluding hydrogens is 264 g/mol.